The average molecular weight is 260 g/mol. The van der Waals surface area contributed by atoms with Gasteiger partial charge in [-0.2, -0.15) is 0 Å². The molecule has 2 amide bonds. The van der Waals surface area contributed by atoms with Gasteiger partial charge < -0.3 is 15.5 Å². The molecule has 0 radical (unpaired) electrons. The summed E-state index contributed by atoms with van der Waals surface area (Å²) in [6, 6.07) is -2.70. The quantitative estimate of drug-likeness (QED) is 0.633. The Labute approximate surface area is 101 Å². The van der Waals surface area contributed by atoms with Crippen LogP contribution in [0.25, 0.3) is 0 Å². The van der Waals surface area contributed by atoms with Gasteiger partial charge in [0.25, 0.3) is 0 Å². The lowest BCUT2D eigenvalue weighted by atomic mass is 10.0. The van der Waals surface area contributed by atoms with E-state index in [9.17, 15) is 14.4 Å². The van der Waals surface area contributed by atoms with Gasteiger partial charge in [0, 0.05) is 4.75 Å². The van der Waals surface area contributed by atoms with Crippen molar-refractivity contribution in [2.24, 2.45) is 0 Å². The second-order valence-electron chi connectivity index (χ2n) is 4.53. The zero-order valence-electron chi connectivity index (χ0n) is 9.21. The van der Waals surface area contributed by atoms with E-state index in [1.165, 1.54) is 11.8 Å². The first kappa shape index (κ1) is 12.0. The molecule has 2 saturated heterocycles. The highest BCUT2D eigenvalue weighted by Gasteiger charge is 2.60. The predicted molar refractivity (Wildman–Crippen MR) is 58.7 cm³/mol. The first-order valence-corrected chi connectivity index (χ1v) is 5.86. The summed E-state index contributed by atoms with van der Waals surface area (Å²) in [5.41, 5.74) is 0. The van der Waals surface area contributed by atoms with Crippen LogP contribution in [-0.2, 0) is 9.59 Å². The Kier molecular flexibility index (Phi) is 2.49. The SMILES string of the molecule is CC1(C)S[C@@H]2C(C(=O)O)NC(=O)N2C1C(=O)O. The number of amides is 2. The van der Waals surface area contributed by atoms with Gasteiger partial charge in [0.05, 0.1) is 0 Å². The van der Waals surface area contributed by atoms with Gasteiger partial charge >= 0.3 is 18.0 Å². The smallest absolute Gasteiger partial charge is 0.329 e. The number of nitrogens with zero attached hydrogens (tertiary/aromatic N) is 1. The number of rotatable bonds is 2. The van der Waals surface area contributed by atoms with Gasteiger partial charge in [-0.05, 0) is 13.8 Å². The number of carbonyl (C=O) groups is 3. The lowest BCUT2D eigenvalue weighted by Gasteiger charge is -2.25. The van der Waals surface area contributed by atoms with Crippen molar-refractivity contribution in [3.8, 4) is 0 Å². The summed E-state index contributed by atoms with van der Waals surface area (Å²) >= 11 is 1.20. The van der Waals surface area contributed by atoms with Gasteiger partial charge in [-0.1, -0.05) is 0 Å². The zero-order chi connectivity index (χ0) is 13.0. The molecule has 3 N–H and O–H groups in total. The number of thioether (sulfide) groups is 1. The molecule has 2 aliphatic heterocycles. The Hall–Kier alpha value is -1.44. The van der Waals surface area contributed by atoms with E-state index < -0.39 is 40.2 Å². The molecule has 0 saturated carbocycles. The van der Waals surface area contributed by atoms with Gasteiger partial charge in [-0.3, -0.25) is 4.90 Å². The highest BCUT2D eigenvalue weighted by atomic mass is 32.2. The maximum atomic E-state index is 11.6. The summed E-state index contributed by atoms with van der Waals surface area (Å²) in [5.74, 6) is -2.27. The van der Waals surface area contributed by atoms with Gasteiger partial charge in [0.15, 0.2) is 6.04 Å². The number of aliphatic carboxylic acids is 2. The maximum absolute atomic E-state index is 11.6. The number of carboxylic acid groups (broad SMARTS) is 2. The highest BCUT2D eigenvalue weighted by molar-refractivity contribution is 8.01. The van der Waals surface area contributed by atoms with Crippen LogP contribution in [-0.4, -0.2) is 55.3 Å². The van der Waals surface area contributed by atoms with Crippen molar-refractivity contribution < 1.29 is 24.6 Å². The standard InChI is InChI=1S/C9H12N2O5S/c1-9(2)4(7(14)15)11-5(17-9)3(6(12)13)10-8(11)16/h3-5H,1-2H3,(H,10,16)(H,12,13)(H,14,15)/t3?,4?,5-/m1/s1. The van der Waals surface area contributed by atoms with Gasteiger partial charge in [0.1, 0.15) is 11.4 Å². The summed E-state index contributed by atoms with van der Waals surface area (Å²) < 4.78 is -0.706. The van der Waals surface area contributed by atoms with E-state index in [0.717, 1.165) is 4.90 Å². The van der Waals surface area contributed by atoms with Crippen LogP contribution >= 0.6 is 11.8 Å². The van der Waals surface area contributed by atoms with E-state index in [1.807, 2.05) is 0 Å². The van der Waals surface area contributed by atoms with Crippen molar-refractivity contribution in [1.82, 2.24) is 10.2 Å². The molecule has 0 aromatic carbocycles. The molecule has 0 bridgehead atoms. The summed E-state index contributed by atoms with van der Waals surface area (Å²) in [7, 11) is 0. The van der Waals surface area contributed by atoms with Crippen LogP contribution in [0.3, 0.4) is 0 Å². The molecule has 2 heterocycles. The van der Waals surface area contributed by atoms with Crippen LogP contribution in [0, 0.1) is 0 Å². The van der Waals surface area contributed by atoms with Crippen LogP contribution in [0.2, 0.25) is 0 Å². The first-order chi connectivity index (χ1) is 7.75. The Morgan fingerprint density at radius 1 is 1.35 bits per heavy atom. The number of urea groups is 1. The molecule has 2 fully saturated rings. The molecule has 0 spiro atoms. The molecule has 7 nitrogen and oxygen atoms in total. The first-order valence-electron chi connectivity index (χ1n) is 4.98. The third kappa shape index (κ3) is 1.63. The molecular weight excluding hydrogens is 248 g/mol. The minimum Gasteiger partial charge on any atom is -0.480 e. The fraction of sp³-hybridized carbons (Fsp3) is 0.667. The normalized spacial score (nSPS) is 34.4. The molecule has 3 atom stereocenters. The molecule has 94 valence electrons. The van der Waals surface area contributed by atoms with E-state index in [4.69, 9.17) is 10.2 Å². The van der Waals surface area contributed by atoms with E-state index in [0.29, 0.717) is 0 Å². The number of carbonyl (C=O) groups excluding carboxylic acids is 1. The minimum atomic E-state index is -1.15. The molecule has 0 aliphatic carbocycles. The van der Waals surface area contributed by atoms with Crippen LogP contribution in [0.15, 0.2) is 0 Å². The molecule has 2 unspecified atom stereocenters. The second-order valence-corrected chi connectivity index (χ2v) is 6.30. The second kappa shape index (κ2) is 3.52. The average Bonchev–Trinajstić information content (AvgIpc) is 2.59. The number of carboxylic acids is 2. The van der Waals surface area contributed by atoms with Crippen molar-refractivity contribution in [2.75, 3.05) is 0 Å². The lowest BCUT2D eigenvalue weighted by Crippen LogP contribution is -2.49. The largest absolute Gasteiger partial charge is 0.480 e. The number of hydrogen-bond donors (Lipinski definition) is 3. The maximum Gasteiger partial charge on any atom is 0.329 e. The highest BCUT2D eigenvalue weighted by Crippen LogP contribution is 2.47. The lowest BCUT2D eigenvalue weighted by molar-refractivity contribution is -0.143. The molecule has 0 aromatic rings. The van der Waals surface area contributed by atoms with Gasteiger partial charge in [-0.15, -0.1) is 11.8 Å². The molecule has 17 heavy (non-hydrogen) atoms. The van der Waals surface area contributed by atoms with E-state index in [-0.39, 0.29) is 0 Å². The number of nitrogens with one attached hydrogen (secondary N) is 1. The van der Waals surface area contributed by atoms with Crippen molar-refractivity contribution in [2.45, 2.75) is 36.1 Å². The van der Waals surface area contributed by atoms with E-state index in [2.05, 4.69) is 5.32 Å². The Morgan fingerprint density at radius 2 is 1.94 bits per heavy atom. The zero-order valence-corrected chi connectivity index (χ0v) is 10.0. The van der Waals surface area contributed by atoms with Crippen molar-refractivity contribution in [3.63, 3.8) is 0 Å². The Bertz CT molecular complexity index is 410. The van der Waals surface area contributed by atoms with E-state index in [1.54, 1.807) is 13.8 Å². The predicted octanol–water partition coefficient (Wildman–Crippen LogP) is -0.231. The van der Waals surface area contributed by atoms with Crippen molar-refractivity contribution >= 4 is 29.7 Å². The van der Waals surface area contributed by atoms with Crippen molar-refractivity contribution in [3.05, 3.63) is 0 Å². The molecular formula is C9H12N2O5S. The summed E-state index contributed by atoms with van der Waals surface area (Å²) in [4.78, 5) is 34.9. The third-order valence-corrected chi connectivity index (χ3v) is 4.51. The number of fused-ring (bicyclic) bond motifs is 1. The monoisotopic (exact) mass is 260 g/mol. The fourth-order valence-corrected chi connectivity index (χ4v) is 3.87. The van der Waals surface area contributed by atoms with Crippen LogP contribution < -0.4 is 5.32 Å². The summed E-state index contributed by atoms with van der Waals surface area (Å²) in [6.45, 7) is 3.39. The van der Waals surface area contributed by atoms with E-state index >= 15 is 0 Å². The topological polar surface area (TPSA) is 107 Å². The van der Waals surface area contributed by atoms with Crippen molar-refractivity contribution in [1.29, 1.82) is 0 Å². The van der Waals surface area contributed by atoms with Gasteiger partial charge in [-0.25, -0.2) is 14.4 Å². The van der Waals surface area contributed by atoms with Crippen LogP contribution in [0.4, 0.5) is 4.79 Å². The Morgan fingerprint density at radius 3 is 2.41 bits per heavy atom. The van der Waals surface area contributed by atoms with Crippen LogP contribution in [0.5, 0.6) is 0 Å². The third-order valence-electron chi connectivity index (χ3n) is 2.93. The fourth-order valence-electron chi connectivity index (χ4n) is 2.25. The summed E-state index contributed by atoms with van der Waals surface area (Å²) in [6.07, 6.45) is 0. The molecule has 0 aromatic heterocycles. The molecule has 2 rings (SSSR count). The summed E-state index contributed by atoms with van der Waals surface area (Å²) in [5, 5.41) is 19.7. The minimum absolute atomic E-state index is 0.632. The Balaban J connectivity index is 2.38. The van der Waals surface area contributed by atoms with Crippen LogP contribution in [0.1, 0.15) is 13.8 Å². The van der Waals surface area contributed by atoms with Gasteiger partial charge in [0.2, 0.25) is 0 Å². The molecule has 8 heteroatoms. The number of hydrogen-bond acceptors (Lipinski definition) is 4. The molecule has 2 aliphatic rings.